The summed E-state index contributed by atoms with van der Waals surface area (Å²) in [5.74, 6) is -0.0921. The zero-order valence-electron chi connectivity index (χ0n) is 9.61. The summed E-state index contributed by atoms with van der Waals surface area (Å²) in [6.45, 7) is 0. The number of carboxylic acid groups (broad SMARTS) is 1. The van der Waals surface area contributed by atoms with E-state index in [4.69, 9.17) is 9.63 Å². The summed E-state index contributed by atoms with van der Waals surface area (Å²) in [6, 6.07) is 9.72. The van der Waals surface area contributed by atoms with Crippen LogP contribution in [0.3, 0.4) is 0 Å². The maximum atomic E-state index is 10.4. The average molecular weight is 244 g/mol. The van der Waals surface area contributed by atoms with Gasteiger partial charge in [0.2, 0.25) is 0 Å². The maximum absolute atomic E-state index is 10.4. The van der Waals surface area contributed by atoms with Crippen molar-refractivity contribution < 1.29 is 14.4 Å². The number of nitrogens with zero attached hydrogens (tertiary/aromatic N) is 2. The van der Waals surface area contributed by atoms with E-state index in [0.29, 0.717) is 11.7 Å². The Labute approximate surface area is 104 Å². The summed E-state index contributed by atoms with van der Waals surface area (Å²) >= 11 is 0. The fourth-order valence-corrected chi connectivity index (χ4v) is 1.39. The van der Waals surface area contributed by atoms with Crippen LogP contribution in [0.2, 0.25) is 0 Å². The Morgan fingerprint density at radius 3 is 2.78 bits per heavy atom. The van der Waals surface area contributed by atoms with Crippen molar-refractivity contribution in [3.63, 3.8) is 0 Å². The molecule has 1 aromatic carbocycles. The fraction of sp³-hybridized carbons (Fsp3) is 0.154. The van der Waals surface area contributed by atoms with Crippen molar-refractivity contribution in [3.8, 4) is 0 Å². The first-order valence-corrected chi connectivity index (χ1v) is 5.51. The highest BCUT2D eigenvalue weighted by molar-refractivity contribution is 5.67. The number of aromatic nitrogens is 2. The summed E-state index contributed by atoms with van der Waals surface area (Å²) in [6.07, 6.45) is 3.83. The number of hydrogen-bond acceptors (Lipinski definition) is 4. The van der Waals surface area contributed by atoms with Gasteiger partial charge in [0, 0.05) is 12.5 Å². The number of hydrogen-bond donors (Lipinski definition) is 1. The lowest BCUT2D eigenvalue weighted by Crippen LogP contribution is -1.98. The molecule has 5 heteroatoms. The van der Waals surface area contributed by atoms with Crippen LogP contribution in [0.1, 0.15) is 23.7 Å². The van der Waals surface area contributed by atoms with Gasteiger partial charge < -0.3 is 9.63 Å². The van der Waals surface area contributed by atoms with E-state index in [1.54, 1.807) is 6.08 Å². The Morgan fingerprint density at radius 1 is 1.28 bits per heavy atom. The SMILES string of the molecule is O=C(O)CCc1noc(C=Cc2ccccc2)n1. The van der Waals surface area contributed by atoms with Crippen LogP contribution >= 0.6 is 0 Å². The highest BCUT2D eigenvalue weighted by atomic mass is 16.5. The van der Waals surface area contributed by atoms with E-state index in [1.807, 2.05) is 36.4 Å². The van der Waals surface area contributed by atoms with Crippen molar-refractivity contribution in [2.45, 2.75) is 12.8 Å². The molecule has 1 aromatic heterocycles. The Kier molecular flexibility index (Phi) is 3.86. The van der Waals surface area contributed by atoms with E-state index in [1.165, 1.54) is 0 Å². The van der Waals surface area contributed by atoms with Gasteiger partial charge in [-0.2, -0.15) is 4.98 Å². The van der Waals surface area contributed by atoms with Gasteiger partial charge in [0.05, 0.1) is 6.42 Å². The second-order valence-corrected chi connectivity index (χ2v) is 3.69. The molecule has 5 nitrogen and oxygen atoms in total. The topological polar surface area (TPSA) is 76.2 Å². The summed E-state index contributed by atoms with van der Waals surface area (Å²) in [5, 5.41) is 12.2. The van der Waals surface area contributed by atoms with Gasteiger partial charge in [0.25, 0.3) is 5.89 Å². The molecule has 0 aliphatic rings. The first-order chi connectivity index (χ1) is 8.74. The van der Waals surface area contributed by atoms with Gasteiger partial charge in [-0.05, 0) is 11.6 Å². The van der Waals surface area contributed by atoms with Gasteiger partial charge in [-0.1, -0.05) is 35.5 Å². The Balaban J connectivity index is 1.98. The number of carboxylic acids is 1. The third kappa shape index (κ3) is 3.55. The second kappa shape index (κ2) is 5.77. The Hall–Kier alpha value is -2.43. The maximum Gasteiger partial charge on any atom is 0.303 e. The molecule has 0 saturated carbocycles. The van der Waals surface area contributed by atoms with Gasteiger partial charge in [-0.3, -0.25) is 4.79 Å². The highest BCUT2D eigenvalue weighted by Gasteiger charge is 2.05. The molecule has 0 unspecified atom stereocenters. The molecular formula is C13H12N2O3. The van der Waals surface area contributed by atoms with Crippen molar-refractivity contribution >= 4 is 18.1 Å². The standard InChI is InChI=1S/C13H12N2O3/c16-13(17)9-7-11-14-12(18-15-11)8-6-10-4-2-1-3-5-10/h1-6,8H,7,9H2,(H,16,17). The lowest BCUT2D eigenvalue weighted by molar-refractivity contribution is -0.137. The zero-order chi connectivity index (χ0) is 12.8. The third-order valence-corrected chi connectivity index (χ3v) is 2.26. The van der Waals surface area contributed by atoms with Gasteiger partial charge in [0.1, 0.15) is 0 Å². The Morgan fingerprint density at radius 2 is 2.06 bits per heavy atom. The van der Waals surface area contributed by atoms with Crippen LogP contribution in [0.25, 0.3) is 12.2 Å². The smallest absolute Gasteiger partial charge is 0.303 e. The minimum atomic E-state index is -0.874. The lowest BCUT2D eigenvalue weighted by atomic mass is 10.2. The predicted molar refractivity (Wildman–Crippen MR) is 65.6 cm³/mol. The van der Waals surface area contributed by atoms with E-state index in [9.17, 15) is 4.79 Å². The molecule has 0 fully saturated rings. The monoisotopic (exact) mass is 244 g/mol. The molecule has 92 valence electrons. The van der Waals surface area contributed by atoms with Crippen LogP contribution in [-0.2, 0) is 11.2 Å². The van der Waals surface area contributed by atoms with Crippen LogP contribution in [0.4, 0.5) is 0 Å². The third-order valence-electron chi connectivity index (χ3n) is 2.26. The summed E-state index contributed by atoms with van der Waals surface area (Å²) < 4.78 is 4.98. The molecule has 0 radical (unpaired) electrons. The van der Waals surface area contributed by atoms with Crippen molar-refractivity contribution in [2.75, 3.05) is 0 Å². The Bertz CT molecular complexity index is 546. The molecule has 0 bridgehead atoms. The van der Waals surface area contributed by atoms with Gasteiger partial charge in [-0.15, -0.1) is 0 Å². The number of carbonyl (C=O) groups is 1. The quantitative estimate of drug-likeness (QED) is 0.872. The van der Waals surface area contributed by atoms with Crippen LogP contribution in [0.5, 0.6) is 0 Å². The molecule has 18 heavy (non-hydrogen) atoms. The van der Waals surface area contributed by atoms with Crippen LogP contribution in [0.15, 0.2) is 34.9 Å². The molecule has 2 aromatic rings. The normalized spacial score (nSPS) is 10.9. The van der Waals surface area contributed by atoms with Crippen molar-refractivity contribution in [1.82, 2.24) is 10.1 Å². The van der Waals surface area contributed by atoms with Crippen molar-refractivity contribution in [3.05, 3.63) is 47.6 Å². The molecule has 0 saturated heterocycles. The van der Waals surface area contributed by atoms with Crippen molar-refractivity contribution in [2.24, 2.45) is 0 Å². The predicted octanol–water partition coefficient (Wildman–Crippen LogP) is 2.26. The summed E-state index contributed by atoms with van der Waals surface area (Å²) in [4.78, 5) is 14.5. The summed E-state index contributed by atoms with van der Waals surface area (Å²) in [5.41, 5.74) is 1.03. The number of benzene rings is 1. The highest BCUT2D eigenvalue weighted by Crippen LogP contribution is 2.07. The van der Waals surface area contributed by atoms with E-state index < -0.39 is 5.97 Å². The summed E-state index contributed by atoms with van der Waals surface area (Å²) in [7, 11) is 0. The molecule has 0 aliphatic heterocycles. The molecule has 1 heterocycles. The fourth-order valence-electron chi connectivity index (χ4n) is 1.39. The molecular weight excluding hydrogens is 232 g/mol. The number of aliphatic carboxylic acids is 1. The minimum Gasteiger partial charge on any atom is -0.481 e. The van der Waals surface area contributed by atoms with Crippen LogP contribution in [-0.4, -0.2) is 21.2 Å². The average Bonchev–Trinajstić information content (AvgIpc) is 2.83. The molecule has 0 spiro atoms. The van der Waals surface area contributed by atoms with E-state index >= 15 is 0 Å². The molecule has 0 atom stereocenters. The zero-order valence-corrected chi connectivity index (χ0v) is 9.61. The lowest BCUT2D eigenvalue weighted by Gasteiger charge is -1.88. The van der Waals surface area contributed by atoms with Crippen molar-refractivity contribution in [1.29, 1.82) is 0 Å². The van der Waals surface area contributed by atoms with Gasteiger partial charge in [0.15, 0.2) is 5.82 Å². The molecule has 2 rings (SSSR count). The van der Waals surface area contributed by atoms with E-state index in [-0.39, 0.29) is 12.8 Å². The van der Waals surface area contributed by atoms with Crippen LogP contribution in [0, 0.1) is 0 Å². The van der Waals surface area contributed by atoms with Gasteiger partial charge in [-0.25, -0.2) is 0 Å². The van der Waals surface area contributed by atoms with Gasteiger partial charge >= 0.3 is 5.97 Å². The number of aryl methyl sites for hydroxylation is 1. The molecule has 1 N–H and O–H groups in total. The molecule has 0 aliphatic carbocycles. The first-order valence-electron chi connectivity index (χ1n) is 5.51. The van der Waals surface area contributed by atoms with E-state index in [0.717, 1.165) is 5.56 Å². The minimum absolute atomic E-state index is 0.00136. The second-order valence-electron chi connectivity index (χ2n) is 3.69. The van der Waals surface area contributed by atoms with E-state index in [2.05, 4.69) is 10.1 Å². The molecule has 0 amide bonds. The van der Waals surface area contributed by atoms with Crippen LogP contribution < -0.4 is 0 Å². The first kappa shape index (κ1) is 12.0. The largest absolute Gasteiger partial charge is 0.481 e. The number of rotatable bonds is 5.